The highest BCUT2D eigenvalue weighted by molar-refractivity contribution is 5.78. The fraction of sp³-hybridized carbons (Fsp3) is 0.600. The van der Waals surface area contributed by atoms with Crippen molar-refractivity contribution in [1.82, 2.24) is 19.2 Å². The summed E-state index contributed by atoms with van der Waals surface area (Å²) in [6.07, 6.45) is 2.85. The van der Waals surface area contributed by atoms with E-state index in [1.165, 1.54) is 10.8 Å². The lowest BCUT2D eigenvalue weighted by Crippen LogP contribution is -2.52. The number of rotatable bonds is 4. The molecule has 0 bridgehead atoms. The molecule has 2 aliphatic heterocycles. The number of fused-ring (bicyclic) bond motifs is 1. The lowest BCUT2D eigenvalue weighted by molar-refractivity contribution is -0.389. The number of imidazole rings is 1. The van der Waals surface area contributed by atoms with Gasteiger partial charge >= 0.3 is 5.82 Å². The summed E-state index contributed by atoms with van der Waals surface area (Å²) in [4.78, 5) is 34.6. The van der Waals surface area contributed by atoms with Crippen LogP contribution in [0.2, 0.25) is 0 Å². The molecule has 156 valence electrons. The van der Waals surface area contributed by atoms with Crippen molar-refractivity contribution in [3.63, 3.8) is 0 Å². The van der Waals surface area contributed by atoms with Gasteiger partial charge in [-0.15, -0.1) is 0 Å². The van der Waals surface area contributed by atoms with Crippen LogP contribution in [0.4, 0.5) is 11.6 Å². The summed E-state index contributed by atoms with van der Waals surface area (Å²) in [5.74, 6) is 1.70. The molecule has 0 spiro atoms. The Bertz CT molecular complexity index is 895. The quantitative estimate of drug-likeness (QED) is 0.575. The molecule has 2 aromatic heterocycles. The number of anilines is 1. The number of hydrogen-bond acceptors (Lipinski definition) is 6. The summed E-state index contributed by atoms with van der Waals surface area (Å²) < 4.78 is 1.52. The largest absolute Gasteiger partial charge is 0.372 e. The molecule has 2 aromatic rings. The number of carbonyl (C=O) groups is 1. The summed E-state index contributed by atoms with van der Waals surface area (Å²) in [6, 6.07) is 5.35. The van der Waals surface area contributed by atoms with Gasteiger partial charge in [0.2, 0.25) is 17.4 Å². The minimum atomic E-state index is -0.371. The second-order valence-electron chi connectivity index (χ2n) is 8.45. The first kappa shape index (κ1) is 19.6. The van der Waals surface area contributed by atoms with Gasteiger partial charge in [0.15, 0.2) is 0 Å². The third-order valence-electron chi connectivity index (χ3n) is 5.91. The molecule has 2 atom stereocenters. The van der Waals surface area contributed by atoms with E-state index < -0.39 is 0 Å². The Morgan fingerprint density at radius 2 is 1.86 bits per heavy atom. The van der Waals surface area contributed by atoms with E-state index in [2.05, 4.69) is 23.7 Å². The van der Waals surface area contributed by atoms with Crippen molar-refractivity contribution >= 4 is 23.2 Å². The minimum absolute atomic E-state index is 0.00131. The van der Waals surface area contributed by atoms with E-state index in [0.717, 1.165) is 13.1 Å². The molecular formula is C20H28N6O3. The minimum Gasteiger partial charge on any atom is -0.358 e. The summed E-state index contributed by atoms with van der Waals surface area (Å²) >= 11 is 0. The molecular weight excluding hydrogens is 372 g/mol. The molecule has 0 saturated carbocycles. The maximum Gasteiger partial charge on any atom is 0.372 e. The van der Waals surface area contributed by atoms with Gasteiger partial charge in [-0.3, -0.25) is 9.69 Å². The lowest BCUT2D eigenvalue weighted by Gasteiger charge is -2.38. The van der Waals surface area contributed by atoms with Crippen LogP contribution < -0.4 is 4.90 Å². The molecule has 4 heterocycles. The predicted molar refractivity (Wildman–Crippen MR) is 110 cm³/mol. The van der Waals surface area contributed by atoms with Gasteiger partial charge in [0.05, 0.1) is 12.7 Å². The summed E-state index contributed by atoms with van der Waals surface area (Å²) in [6.45, 7) is 9.13. The number of pyridine rings is 1. The van der Waals surface area contributed by atoms with Gasteiger partial charge in [0.1, 0.15) is 0 Å². The fourth-order valence-electron chi connectivity index (χ4n) is 4.63. The number of likely N-dealkylation sites (tertiary alicyclic amines) is 1. The van der Waals surface area contributed by atoms with Gasteiger partial charge in [-0.05, 0) is 29.2 Å². The monoisotopic (exact) mass is 400 g/mol. The Morgan fingerprint density at radius 3 is 2.52 bits per heavy atom. The number of piperazine rings is 1. The van der Waals surface area contributed by atoms with Crippen LogP contribution in [-0.4, -0.2) is 75.8 Å². The van der Waals surface area contributed by atoms with Crippen LogP contribution in [0.15, 0.2) is 24.4 Å². The van der Waals surface area contributed by atoms with E-state index >= 15 is 0 Å². The Balaban J connectivity index is 1.40. The molecule has 9 heteroatoms. The van der Waals surface area contributed by atoms with Crippen LogP contribution in [0.5, 0.6) is 0 Å². The smallest absolute Gasteiger partial charge is 0.358 e. The number of piperidine rings is 1. The average Bonchev–Trinajstić information content (AvgIpc) is 3.07. The topological polar surface area (TPSA) is 87.2 Å². The van der Waals surface area contributed by atoms with E-state index in [4.69, 9.17) is 0 Å². The number of carbonyl (C=O) groups excluding carboxylic acids is 1. The highest BCUT2D eigenvalue weighted by Gasteiger charge is 2.31. The van der Waals surface area contributed by atoms with Gasteiger partial charge in [-0.25, -0.2) is 0 Å². The van der Waals surface area contributed by atoms with Crippen LogP contribution >= 0.6 is 0 Å². The zero-order chi connectivity index (χ0) is 20.5. The molecule has 1 amide bonds. The Morgan fingerprint density at radius 1 is 1.17 bits per heavy atom. The van der Waals surface area contributed by atoms with Crippen LogP contribution in [0, 0.1) is 22.0 Å². The Kier molecular flexibility index (Phi) is 5.40. The van der Waals surface area contributed by atoms with E-state index in [1.807, 2.05) is 15.9 Å². The molecule has 9 nitrogen and oxygen atoms in total. The molecule has 2 fully saturated rings. The van der Waals surface area contributed by atoms with Crippen molar-refractivity contribution in [2.75, 3.05) is 50.7 Å². The zero-order valence-corrected chi connectivity index (χ0v) is 17.0. The first-order valence-corrected chi connectivity index (χ1v) is 10.3. The number of hydrogen-bond donors (Lipinski definition) is 0. The van der Waals surface area contributed by atoms with Crippen molar-refractivity contribution in [1.29, 1.82) is 0 Å². The maximum absolute atomic E-state index is 12.7. The molecule has 0 aromatic carbocycles. The van der Waals surface area contributed by atoms with E-state index in [0.29, 0.717) is 56.0 Å². The average molecular weight is 400 g/mol. The molecule has 2 saturated heterocycles. The van der Waals surface area contributed by atoms with Crippen LogP contribution in [-0.2, 0) is 4.79 Å². The predicted octanol–water partition coefficient (Wildman–Crippen LogP) is 1.87. The van der Waals surface area contributed by atoms with Gasteiger partial charge in [0, 0.05) is 45.3 Å². The molecule has 2 aliphatic rings. The third kappa shape index (κ3) is 4.05. The van der Waals surface area contributed by atoms with Crippen LogP contribution in [0.3, 0.4) is 0 Å². The Hall–Kier alpha value is -2.68. The molecule has 4 rings (SSSR count). The second kappa shape index (κ2) is 7.98. The van der Waals surface area contributed by atoms with Gasteiger partial charge in [-0.2, -0.15) is 9.38 Å². The zero-order valence-electron chi connectivity index (χ0n) is 17.0. The number of nitrogens with zero attached hydrogens (tertiary/aromatic N) is 6. The van der Waals surface area contributed by atoms with Crippen molar-refractivity contribution in [3.8, 4) is 0 Å². The highest BCUT2D eigenvalue weighted by atomic mass is 16.6. The maximum atomic E-state index is 12.7. The van der Waals surface area contributed by atoms with Crippen LogP contribution in [0.25, 0.3) is 5.65 Å². The van der Waals surface area contributed by atoms with Crippen molar-refractivity contribution in [3.05, 3.63) is 34.5 Å². The van der Waals surface area contributed by atoms with Gasteiger partial charge in [0.25, 0.3) is 0 Å². The van der Waals surface area contributed by atoms with E-state index in [1.54, 1.807) is 18.3 Å². The van der Waals surface area contributed by atoms with Crippen molar-refractivity contribution < 1.29 is 9.72 Å². The number of nitro groups is 1. The van der Waals surface area contributed by atoms with Crippen molar-refractivity contribution in [2.45, 2.75) is 20.3 Å². The van der Waals surface area contributed by atoms with Crippen molar-refractivity contribution in [2.24, 2.45) is 11.8 Å². The fourth-order valence-corrected chi connectivity index (χ4v) is 4.63. The SMILES string of the molecule is CC1CC(C)CN(C(=O)CN2CCN(c3nc4ccccn4c3[N+](=O)[O-])CC2)C1. The summed E-state index contributed by atoms with van der Waals surface area (Å²) in [5, 5.41) is 11.6. The first-order valence-electron chi connectivity index (χ1n) is 10.3. The lowest BCUT2D eigenvalue weighted by atomic mass is 9.92. The molecule has 0 aliphatic carbocycles. The molecule has 0 N–H and O–H groups in total. The summed E-state index contributed by atoms with van der Waals surface area (Å²) in [7, 11) is 0. The molecule has 0 radical (unpaired) electrons. The Labute approximate surface area is 170 Å². The second-order valence-corrected chi connectivity index (χ2v) is 8.45. The van der Waals surface area contributed by atoms with E-state index in [9.17, 15) is 14.9 Å². The molecule has 29 heavy (non-hydrogen) atoms. The number of amides is 1. The normalized spacial score (nSPS) is 23.5. The number of aromatic nitrogens is 2. The van der Waals surface area contributed by atoms with Gasteiger partial charge in [-0.1, -0.05) is 19.9 Å². The molecule has 2 unspecified atom stereocenters. The highest BCUT2D eigenvalue weighted by Crippen LogP contribution is 2.29. The van der Waals surface area contributed by atoms with Crippen LogP contribution in [0.1, 0.15) is 20.3 Å². The third-order valence-corrected chi connectivity index (χ3v) is 5.91. The van der Waals surface area contributed by atoms with E-state index in [-0.39, 0.29) is 16.6 Å². The summed E-state index contributed by atoms with van der Waals surface area (Å²) in [5.41, 5.74) is 0.570. The van der Waals surface area contributed by atoms with Gasteiger partial charge < -0.3 is 19.9 Å². The standard InChI is InChI=1S/C20H28N6O3/c1-15-11-16(2)13-24(12-15)18(27)14-22-7-9-23(10-8-22)19-20(26(28)29)25-6-4-3-5-17(25)21-19/h3-6,15-16H,7-14H2,1-2H3. The first-order chi connectivity index (χ1) is 13.9.